The lowest BCUT2D eigenvalue weighted by atomic mass is 10.1. The summed E-state index contributed by atoms with van der Waals surface area (Å²) in [5, 5.41) is 5.24. The first-order valence-corrected chi connectivity index (χ1v) is 8.61. The number of carbonyl (C=O) groups excluding carboxylic acids is 3. The molecule has 0 saturated heterocycles. The summed E-state index contributed by atoms with van der Waals surface area (Å²) in [6.45, 7) is 1.80. The van der Waals surface area contributed by atoms with E-state index in [-0.39, 0.29) is 30.6 Å². The molecule has 1 aromatic heterocycles. The van der Waals surface area contributed by atoms with Crippen molar-refractivity contribution in [2.45, 2.75) is 13.3 Å². The summed E-state index contributed by atoms with van der Waals surface area (Å²) in [4.78, 5) is 35.5. The molecule has 0 atom stereocenters. The Labute approximate surface area is 162 Å². The van der Waals surface area contributed by atoms with Crippen LogP contribution in [0.1, 0.15) is 29.5 Å². The number of ether oxygens (including phenoxy) is 2. The fraction of sp³-hybridized carbons (Fsp3) is 0.250. The van der Waals surface area contributed by atoms with E-state index in [0.717, 1.165) is 0 Å². The molecule has 0 spiro atoms. The van der Waals surface area contributed by atoms with Crippen LogP contribution in [0, 0.1) is 0 Å². The second kappa shape index (κ2) is 10.6. The minimum Gasteiger partial charge on any atom is -0.497 e. The third-order valence-electron chi connectivity index (χ3n) is 3.58. The molecule has 8 nitrogen and oxygen atoms in total. The minimum absolute atomic E-state index is 0.0547. The first kappa shape index (κ1) is 20.8. The SMILES string of the molecule is COc1ccc(/C=C(/NC(=O)c2ccco2)C(=O)NCCCOC(C)=O)cc1. The quantitative estimate of drug-likeness (QED) is 0.388. The summed E-state index contributed by atoms with van der Waals surface area (Å²) >= 11 is 0. The van der Waals surface area contributed by atoms with Crippen molar-refractivity contribution < 1.29 is 28.3 Å². The molecule has 2 amide bonds. The lowest BCUT2D eigenvalue weighted by molar-refractivity contribution is -0.141. The molecular formula is C20H22N2O6. The van der Waals surface area contributed by atoms with Crippen LogP contribution >= 0.6 is 0 Å². The normalized spacial score (nSPS) is 10.9. The number of hydrogen-bond acceptors (Lipinski definition) is 6. The van der Waals surface area contributed by atoms with Crippen molar-refractivity contribution >= 4 is 23.9 Å². The summed E-state index contributed by atoms with van der Waals surface area (Å²) in [5.74, 6) is -0.632. The number of benzene rings is 1. The average molecular weight is 386 g/mol. The molecule has 0 aliphatic carbocycles. The van der Waals surface area contributed by atoms with Crippen LogP contribution in [0.15, 0.2) is 52.8 Å². The van der Waals surface area contributed by atoms with E-state index in [2.05, 4.69) is 10.6 Å². The summed E-state index contributed by atoms with van der Waals surface area (Å²) in [6.07, 6.45) is 3.37. The Hall–Kier alpha value is -3.55. The fourth-order valence-electron chi connectivity index (χ4n) is 2.20. The Morgan fingerprint density at radius 3 is 2.50 bits per heavy atom. The van der Waals surface area contributed by atoms with Crippen LogP contribution in [-0.4, -0.2) is 38.0 Å². The van der Waals surface area contributed by atoms with Crippen LogP contribution in [0.2, 0.25) is 0 Å². The van der Waals surface area contributed by atoms with Crippen molar-refractivity contribution in [3.05, 3.63) is 59.7 Å². The number of hydrogen-bond donors (Lipinski definition) is 2. The second-order valence-electron chi connectivity index (χ2n) is 5.71. The number of esters is 1. The van der Waals surface area contributed by atoms with Crippen LogP contribution in [0.3, 0.4) is 0 Å². The molecule has 28 heavy (non-hydrogen) atoms. The van der Waals surface area contributed by atoms with Gasteiger partial charge >= 0.3 is 5.97 Å². The molecule has 1 aromatic carbocycles. The molecule has 1 heterocycles. The number of methoxy groups -OCH3 is 1. The van der Waals surface area contributed by atoms with E-state index in [4.69, 9.17) is 13.9 Å². The van der Waals surface area contributed by atoms with Gasteiger partial charge in [0.05, 0.1) is 20.0 Å². The van der Waals surface area contributed by atoms with E-state index in [9.17, 15) is 14.4 Å². The standard InChI is InChI=1S/C20H22N2O6/c1-14(23)27-12-4-10-21-19(24)17(22-20(25)18-5-3-11-28-18)13-15-6-8-16(26-2)9-7-15/h3,5-9,11,13H,4,10,12H2,1-2H3,(H,21,24)(H,22,25)/b17-13+. The lowest BCUT2D eigenvalue weighted by Crippen LogP contribution is -2.35. The minimum atomic E-state index is -0.542. The molecule has 8 heteroatoms. The molecule has 0 aliphatic heterocycles. The Bertz CT molecular complexity index is 825. The van der Waals surface area contributed by atoms with Crippen LogP contribution in [0.25, 0.3) is 6.08 Å². The summed E-state index contributed by atoms with van der Waals surface area (Å²) < 4.78 is 15.0. The van der Waals surface area contributed by atoms with Gasteiger partial charge in [0.2, 0.25) is 0 Å². The monoisotopic (exact) mass is 386 g/mol. The Balaban J connectivity index is 2.08. The Kier molecular flexibility index (Phi) is 7.83. The highest BCUT2D eigenvalue weighted by atomic mass is 16.5. The largest absolute Gasteiger partial charge is 0.497 e. The highest BCUT2D eigenvalue weighted by Gasteiger charge is 2.16. The van der Waals surface area contributed by atoms with Crippen LogP contribution in [0.4, 0.5) is 0 Å². The molecule has 2 aromatic rings. The molecule has 0 unspecified atom stereocenters. The maximum absolute atomic E-state index is 12.5. The van der Waals surface area contributed by atoms with Gasteiger partial charge in [-0.05, 0) is 42.3 Å². The molecule has 0 aliphatic rings. The van der Waals surface area contributed by atoms with Gasteiger partial charge < -0.3 is 24.5 Å². The van der Waals surface area contributed by atoms with Gasteiger partial charge in [0, 0.05) is 13.5 Å². The van der Waals surface area contributed by atoms with E-state index in [1.165, 1.54) is 19.3 Å². The van der Waals surface area contributed by atoms with Crippen LogP contribution < -0.4 is 15.4 Å². The van der Waals surface area contributed by atoms with E-state index < -0.39 is 11.8 Å². The molecule has 148 valence electrons. The summed E-state index contributed by atoms with van der Waals surface area (Å²) in [5.41, 5.74) is 0.754. The van der Waals surface area contributed by atoms with Crippen molar-refractivity contribution in [2.24, 2.45) is 0 Å². The molecule has 0 radical (unpaired) electrons. The maximum atomic E-state index is 12.5. The Morgan fingerprint density at radius 2 is 1.89 bits per heavy atom. The van der Waals surface area contributed by atoms with Crippen LogP contribution in [0.5, 0.6) is 5.75 Å². The second-order valence-corrected chi connectivity index (χ2v) is 5.71. The highest BCUT2D eigenvalue weighted by Crippen LogP contribution is 2.14. The third kappa shape index (κ3) is 6.64. The van der Waals surface area contributed by atoms with Gasteiger partial charge in [-0.1, -0.05) is 12.1 Å². The van der Waals surface area contributed by atoms with E-state index >= 15 is 0 Å². The summed E-state index contributed by atoms with van der Waals surface area (Å²) in [6, 6.07) is 10.1. The maximum Gasteiger partial charge on any atom is 0.302 e. The third-order valence-corrected chi connectivity index (χ3v) is 3.58. The zero-order valence-corrected chi connectivity index (χ0v) is 15.7. The smallest absolute Gasteiger partial charge is 0.302 e. The summed E-state index contributed by atoms with van der Waals surface area (Å²) in [7, 11) is 1.56. The molecular weight excluding hydrogens is 364 g/mol. The van der Waals surface area contributed by atoms with Crippen molar-refractivity contribution in [1.82, 2.24) is 10.6 Å². The topological polar surface area (TPSA) is 107 Å². The molecule has 0 fully saturated rings. The van der Waals surface area contributed by atoms with Gasteiger partial charge in [-0.25, -0.2) is 0 Å². The highest BCUT2D eigenvalue weighted by molar-refractivity contribution is 6.04. The fourth-order valence-corrected chi connectivity index (χ4v) is 2.20. The van der Waals surface area contributed by atoms with Crippen molar-refractivity contribution in [1.29, 1.82) is 0 Å². The molecule has 0 saturated carbocycles. The number of nitrogens with one attached hydrogen (secondary N) is 2. The van der Waals surface area contributed by atoms with Gasteiger partial charge in [0.1, 0.15) is 11.4 Å². The lowest BCUT2D eigenvalue weighted by Gasteiger charge is -2.10. The zero-order valence-electron chi connectivity index (χ0n) is 15.7. The first-order chi connectivity index (χ1) is 13.5. The van der Waals surface area contributed by atoms with E-state index in [1.807, 2.05) is 0 Å². The number of amides is 2. The molecule has 0 bridgehead atoms. The van der Waals surface area contributed by atoms with Crippen LogP contribution in [-0.2, 0) is 14.3 Å². The van der Waals surface area contributed by atoms with Crippen molar-refractivity contribution in [3.8, 4) is 5.75 Å². The van der Waals surface area contributed by atoms with Gasteiger partial charge in [-0.15, -0.1) is 0 Å². The Morgan fingerprint density at radius 1 is 1.14 bits per heavy atom. The zero-order chi connectivity index (χ0) is 20.4. The van der Waals surface area contributed by atoms with Gasteiger partial charge in [0.15, 0.2) is 5.76 Å². The van der Waals surface area contributed by atoms with E-state index in [1.54, 1.807) is 43.5 Å². The molecule has 2 rings (SSSR count). The number of carbonyl (C=O) groups is 3. The number of rotatable bonds is 9. The van der Waals surface area contributed by atoms with Gasteiger partial charge in [0.25, 0.3) is 11.8 Å². The van der Waals surface area contributed by atoms with Crippen molar-refractivity contribution in [2.75, 3.05) is 20.3 Å². The number of furan rings is 1. The van der Waals surface area contributed by atoms with Gasteiger partial charge in [-0.2, -0.15) is 0 Å². The molecule has 2 N–H and O–H groups in total. The predicted molar refractivity (Wildman–Crippen MR) is 101 cm³/mol. The van der Waals surface area contributed by atoms with Crippen molar-refractivity contribution in [3.63, 3.8) is 0 Å². The van der Waals surface area contributed by atoms with Gasteiger partial charge in [-0.3, -0.25) is 14.4 Å². The first-order valence-electron chi connectivity index (χ1n) is 8.61. The van der Waals surface area contributed by atoms with E-state index in [0.29, 0.717) is 17.7 Å². The average Bonchev–Trinajstić information content (AvgIpc) is 3.22. The predicted octanol–water partition coefficient (Wildman–Crippen LogP) is 2.13.